The van der Waals surface area contributed by atoms with Crippen LogP contribution in [0.1, 0.15) is 6.42 Å². The number of anilines is 1. The molecule has 0 bridgehead atoms. The highest BCUT2D eigenvalue weighted by atomic mass is 32.2. The number of aromatic nitrogens is 1. The second-order valence-electron chi connectivity index (χ2n) is 4.53. The summed E-state index contributed by atoms with van der Waals surface area (Å²) in [4.78, 5) is 17.2. The van der Waals surface area contributed by atoms with Gasteiger partial charge in [0.15, 0.2) is 0 Å². The van der Waals surface area contributed by atoms with Gasteiger partial charge in [0.2, 0.25) is 15.9 Å². The summed E-state index contributed by atoms with van der Waals surface area (Å²) in [6.07, 6.45) is 1.51. The van der Waals surface area contributed by atoms with Gasteiger partial charge in [-0.25, -0.2) is 18.1 Å². The average molecular weight is 314 g/mol. The van der Waals surface area contributed by atoms with E-state index in [2.05, 4.69) is 9.71 Å². The number of carbonyl (C=O) groups is 1. The van der Waals surface area contributed by atoms with Crippen LogP contribution in [0.3, 0.4) is 0 Å². The van der Waals surface area contributed by atoms with Crippen molar-refractivity contribution in [2.45, 2.75) is 11.3 Å². The van der Waals surface area contributed by atoms with Crippen molar-refractivity contribution in [3.8, 4) is 0 Å². The maximum absolute atomic E-state index is 12.0. The summed E-state index contributed by atoms with van der Waals surface area (Å²) in [7, 11) is -3.75. The molecule has 8 nitrogen and oxygen atoms in total. The molecule has 0 saturated carbocycles. The number of carbonyl (C=O) groups excluding carboxylic acids is 1. The molecule has 1 aromatic heterocycles. The number of hydrogen-bond donors (Lipinski definition) is 2. The predicted molar refractivity (Wildman–Crippen MR) is 75.9 cm³/mol. The van der Waals surface area contributed by atoms with Crippen molar-refractivity contribution >= 4 is 21.7 Å². The van der Waals surface area contributed by atoms with E-state index in [0.29, 0.717) is 26.3 Å². The fourth-order valence-electron chi connectivity index (χ4n) is 1.97. The third kappa shape index (κ3) is 4.13. The summed E-state index contributed by atoms with van der Waals surface area (Å²) in [6.45, 7) is 2.14. The Labute approximate surface area is 123 Å². The lowest BCUT2D eigenvalue weighted by molar-refractivity contribution is -0.135. The van der Waals surface area contributed by atoms with E-state index in [0.717, 1.165) is 0 Å². The number of nitrogens with two attached hydrogens (primary N) is 1. The summed E-state index contributed by atoms with van der Waals surface area (Å²) >= 11 is 0. The first kappa shape index (κ1) is 15.7. The van der Waals surface area contributed by atoms with Gasteiger partial charge in [-0.2, -0.15) is 0 Å². The molecule has 1 amide bonds. The molecule has 116 valence electrons. The van der Waals surface area contributed by atoms with Crippen LogP contribution < -0.4 is 10.5 Å². The van der Waals surface area contributed by atoms with Crippen molar-refractivity contribution in [3.63, 3.8) is 0 Å². The number of morpholine rings is 1. The Hall–Kier alpha value is -1.71. The molecule has 0 spiro atoms. The highest BCUT2D eigenvalue weighted by molar-refractivity contribution is 7.89. The van der Waals surface area contributed by atoms with Gasteiger partial charge in [0.05, 0.1) is 13.2 Å². The number of rotatable bonds is 5. The first-order chi connectivity index (χ1) is 10.0. The molecule has 0 radical (unpaired) electrons. The molecule has 1 aliphatic rings. The van der Waals surface area contributed by atoms with Crippen molar-refractivity contribution in [1.29, 1.82) is 0 Å². The number of nitrogen functional groups attached to an aromatic ring is 1. The summed E-state index contributed by atoms with van der Waals surface area (Å²) in [6, 6.07) is 2.86. The maximum Gasteiger partial charge on any atom is 0.244 e. The molecule has 9 heteroatoms. The Morgan fingerprint density at radius 3 is 2.81 bits per heavy atom. The highest BCUT2D eigenvalue weighted by Gasteiger charge is 2.20. The largest absolute Gasteiger partial charge is 0.383 e. The van der Waals surface area contributed by atoms with Crippen molar-refractivity contribution in [1.82, 2.24) is 14.6 Å². The van der Waals surface area contributed by atoms with Gasteiger partial charge in [0, 0.05) is 32.3 Å². The molecule has 0 aromatic carbocycles. The van der Waals surface area contributed by atoms with Gasteiger partial charge in [-0.15, -0.1) is 0 Å². The summed E-state index contributed by atoms with van der Waals surface area (Å²) in [5.74, 6) is -0.162. The molecule has 1 fully saturated rings. The lowest BCUT2D eigenvalue weighted by Crippen LogP contribution is -2.42. The Morgan fingerprint density at radius 1 is 1.43 bits per heavy atom. The molecule has 0 aliphatic carbocycles. The van der Waals surface area contributed by atoms with E-state index < -0.39 is 10.0 Å². The van der Waals surface area contributed by atoms with Crippen LogP contribution in [-0.2, 0) is 19.6 Å². The molecule has 2 rings (SSSR count). The van der Waals surface area contributed by atoms with E-state index in [-0.39, 0.29) is 29.6 Å². The molecule has 1 aliphatic heterocycles. The molecule has 21 heavy (non-hydrogen) atoms. The van der Waals surface area contributed by atoms with Crippen molar-refractivity contribution in [2.24, 2.45) is 0 Å². The molecule has 0 unspecified atom stereocenters. The van der Waals surface area contributed by atoms with E-state index >= 15 is 0 Å². The van der Waals surface area contributed by atoms with E-state index in [1.54, 1.807) is 4.90 Å². The minimum absolute atomic E-state index is 0.0207. The normalized spacial score (nSPS) is 15.9. The second-order valence-corrected chi connectivity index (χ2v) is 6.26. The van der Waals surface area contributed by atoms with Crippen LogP contribution in [0, 0.1) is 0 Å². The van der Waals surface area contributed by atoms with Gasteiger partial charge >= 0.3 is 0 Å². The number of hydrogen-bond acceptors (Lipinski definition) is 6. The Balaban J connectivity index is 1.88. The number of amides is 1. The molecular formula is C12H18N4O4S. The summed E-state index contributed by atoms with van der Waals surface area (Å²) in [5, 5.41) is 0. The van der Waals surface area contributed by atoms with E-state index in [9.17, 15) is 13.2 Å². The van der Waals surface area contributed by atoms with Gasteiger partial charge in [-0.1, -0.05) is 0 Å². The average Bonchev–Trinajstić information content (AvgIpc) is 2.48. The van der Waals surface area contributed by atoms with Crippen molar-refractivity contribution < 1.29 is 17.9 Å². The molecule has 1 saturated heterocycles. The van der Waals surface area contributed by atoms with Crippen LogP contribution in [-0.4, -0.2) is 57.1 Å². The van der Waals surface area contributed by atoms with Gasteiger partial charge in [-0.05, 0) is 12.1 Å². The Kier molecular flexibility index (Phi) is 5.10. The standard InChI is InChI=1S/C12H18N4O4S/c13-12-10(2-1-4-14-12)21(18,19)15-5-3-11(17)16-6-8-20-9-7-16/h1-2,4,15H,3,5-9H2,(H2,13,14). The SMILES string of the molecule is Nc1ncccc1S(=O)(=O)NCCC(=O)N1CCOCC1. The lowest BCUT2D eigenvalue weighted by Gasteiger charge is -2.26. The monoisotopic (exact) mass is 314 g/mol. The van der Waals surface area contributed by atoms with Crippen LogP contribution in [0.25, 0.3) is 0 Å². The van der Waals surface area contributed by atoms with Gasteiger partial charge < -0.3 is 15.4 Å². The molecule has 3 N–H and O–H groups in total. The number of ether oxygens (including phenoxy) is 1. The topological polar surface area (TPSA) is 115 Å². The fourth-order valence-corrected chi connectivity index (χ4v) is 3.08. The second kappa shape index (κ2) is 6.83. The van der Waals surface area contributed by atoms with Crippen LogP contribution in [0.15, 0.2) is 23.2 Å². The zero-order valence-corrected chi connectivity index (χ0v) is 12.3. The predicted octanol–water partition coefficient (Wildman–Crippen LogP) is -0.809. The first-order valence-corrected chi connectivity index (χ1v) is 8.05. The van der Waals surface area contributed by atoms with Crippen LogP contribution in [0.4, 0.5) is 5.82 Å². The zero-order valence-electron chi connectivity index (χ0n) is 11.5. The molecular weight excluding hydrogens is 296 g/mol. The van der Waals surface area contributed by atoms with E-state index in [4.69, 9.17) is 10.5 Å². The van der Waals surface area contributed by atoms with Crippen LogP contribution >= 0.6 is 0 Å². The van der Waals surface area contributed by atoms with Gasteiger partial charge in [0.1, 0.15) is 10.7 Å². The lowest BCUT2D eigenvalue weighted by atomic mass is 10.3. The number of nitrogens with one attached hydrogen (secondary N) is 1. The van der Waals surface area contributed by atoms with Crippen LogP contribution in [0.5, 0.6) is 0 Å². The van der Waals surface area contributed by atoms with Gasteiger partial charge in [-0.3, -0.25) is 4.79 Å². The fraction of sp³-hybridized carbons (Fsp3) is 0.500. The quantitative estimate of drug-likeness (QED) is 0.734. The van der Waals surface area contributed by atoms with E-state index in [1.165, 1.54) is 18.3 Å². The zero-order chi connectivity index (χ0) is 15.3. The third-order valence-corrected chi connectivity index (χ3v) is 4.59. The van der Waals surface area contributed by atoms with Gasteiger partial charge in [0.25, 0.3) is 0 Å². The Morgan fingerprint density at radius 2 is 2.14 bits per heavy atom. The summed E-state index contributed by atoms with van der Waals surface area (Å²) < 4.78 is 31.6. The maximum atomic E-state index is 12.0. The molecule has 2 heterocycles. The Bertz CT molecular complexity index is 599. The number of nitrogens with zero attached hydrogens (tertiary/aromatic N) is 2. The first-order valence-electron chi connectivity index (χ1n) is 6.56. The minimum atomic E-state index is -3.75. The third-order valence-electron chi connectivity index (χ3n) is 3.08. The highest BCUT2D eigenvalue weighted by Crippen LogP contribution is 2.13. The van der Waals surface area contributed by atoms with Crippen molar-refractivity contribution in [3.05, 3.63) is 18.3 Å². The van der Waals surface area contributed by atoms with Crippen LogP contribution in [0.2, 0.25) is 0 Å². The number of pyridine rings is 1. The molecule has 1 aromatic rings. The summed E-state index contributed by atoms with van der Waals surface area (Å²) in [5.41, 5.74) is 5.54. The van der Waals surface area contributed by atoms with Crippen molar-refractivity contribution in [2.75, 3.05) is 38.6 Å². The minimum Gasteiger partial charge on any atom is -0.383 e. The molecule has 0 atom stereocenters. The smallest absolute Gasteiger partial charge is 0.244 e. The number of sulfonamides is 1. The van der Waals surface area contributed by atoms with E-state index in [1.807, 2.05) is 0 Å².